The van der Waals surface area contributed by atoms with Crippen LogP contribution in [0.3, 0.4) is 0 Å². The van der Waals surface area contributed by atoms with E-state index in [9.17, 15) is 9.59 Å². The maximum atomic E-state index is 12.0. The fourth-order valence-corrected chi connectivity index (χ4v) is 2.49. The Balaban J connectivity index is 2.56. The largest absolute Gasteiger partial charge is 0.480 e. The summed E-state index contributed by atoms with van der Waals surface area (Å²) in [5.74, 6) is -1.13. The number of rotatable bonds is 7. The van der Waals surface area contributed by atoms with Crippen LogP contribution < -0.4 is 5.32 Å². The molecule has 1 aliphatic rings. The Morgan fingerprint density at radius 3 is 2.25 bits per heavy atom. The van der Waals surface area contributed by atoms with E-state index in [1.165, 1.54) is 4.90 Å². The van der Waals surface area contributed by atoms with E-state index in [0.717, 1.165) is 19.3 Å². The van der Waals surface area contributed by atoms with Gasteiger partial charge in [-0.2, -0.15) is 0 Å². The number of nitrogens with zero attached hydrogens (tertiary/aromatic N) is 2. The van der Waals surface area contributed by atoms with E-state index < -0.39 is 18.0 Å². The third kappa shape index (κ3) is 3.83. The number of carboxylic acid groups (broad SMARTS) is 1. The maximum Gasteiger partial charge on any atom is 0.326 e. The van der Waals surface area contributed by atoms with Crippen LogP contribution in [0.4, 0.5) is 4.79 Å². The highest BCUT2D eigenvalue weighted by atomic mass is 16.4. The number of aliphatic carboxylic acids is 1. The zero-order valence-corrected chi connectivity index (χ0v) is 12.4. The van der Waals surface area contributed by atoms with Crippen LogP contribution in [-0.2, 0) is 4.79 Å². The Morgan fingerprint density at radius 2 is 1.90 bits per heavy atom. The van der Waals surface area contributed by atoms with Crippen LogP contribution in [0.5, 0.6) is 0 Å². The Morgan fingerprint density at radius 1 is 1.30 bits per heavy atom. The minimum Gasteiger partial charge on any atom is -0.480 e. The average Bonchev–Trinajstić information content (AvgIpc) is 2.31. The third-order valence-corrected chi connectivity index (χ3v) is 4.12. The molecule has 0 radical (unpaired) electrons. The first-order chi connectivity index (χ1) is 9.32. The van der Waals surface area contributed by atoms with Crippen LogP contribution in [-0.4, -0.2) is 77.9 Å². The molecule has 1 aliphatic carbocycles. The summed E-state index contributed by atoms with van der Waals surface area (Å²) in [6.07, 6.45) is 3.23. The van der Waals surface area contributed by atoms with Crippen molar-refractivity contribution >= 4 is 12.0 Å². The van der Waals surface area contributed by atoms with Gasteiger partial charge in [-0.25, -0.2) is 9.59 Å². The van der Waals surface area contributed by atoms with Gasteiger partial charge in [0.15, 0.2) is 0 Å². The molecule has 7 nitrogen and oxygen atoms in total. The van der Waals surface area contributed by atoms with E-state index in [4.69, 9.17) is 10.2 Å². The molecule has 0 aliphatic heterocycles. The normalized spacial score (nSPS) is 18.2. The third-order valence-electron chi connectivity index (χ3n) is 4.12. The molecule has 116 valence electrons. The molecule has 0 heterocycles. The Hall–Kier alpha value is -1.34. The second-order valence-electron chi connectivity index (χ2n) is 5.68. The number of carbonyl (C=O) groups excluding carboxylic acids is 1. The number of likely N-dealkylation sites (N-methyl/N-ethyl adjacent to an activating group) is 2. The molecule has 0 aromatic rings. The molecule has 7 heteroatoms. The monoisotopic (exact) mass is 287 g/mol. The molecule has 1 atom stereocenters. The molecule has 3 N–H and O–H groups in total. The number of aliphatic hydroxyl groups excluding tert-OH is 1. The predicted molar refractivity (Wildman–Crippen MR) is 74.6 cm³/mol. The molecule has 0 saturated heterocycles. The van der Waals surface area contributed by atoms with Crippen molar-refractivity contribution in [3.63, 3.8) is 0 Å². The van der Waals surface area contributed by atoms with Gasteiger partial charge in [0, 0.05) is 32.2 Å². The van der Waals surface area contributed by atoms with Crippen LogP contribution >= 0.6 is 0 Å². The fourth-order valence-electron chi connectivity index (χ4n) is 2.49. The molecule has 20 heavy (non-hydrogen) atoms. The molecular formula is C13H25N3O4. The summed E-state index contributed by atoms with van der Waals surface area (Å²) in [7, 11) is 5.66. The van der Waals surface area contributed by atoms with Crippen LogP contribution in [0.25, 0.3) is 0 Å². The predicted octanol–water partition coefficient (Wildman–Crippen LogP) is -0.0523. The SMILES string of the molecule is CN(CC1(N(C)C)CCC1)C(=O)N[C@H](CCO)C(=O)O. The van der Waals surface area contributed by atoms with E-state index in [1.54, 1.807) is 7.05 Å². The summed E-state index contributed by atoms with van der Waals surface area (Å²) in [6, 6.07) is -1.47. The molecule has 2 amide bonds. The maximum absolute atomic E-state index is 12.0. The quantitative estimate of drug-likeness (QED) is 0.610. The van der Waals surface area contributed by atoms with E-state index in [0.29, 0.717) is 6.54 Å². The molecule has 1 fully saturated rings. The van der Waals surface area contributed by atoms with Crippen LogP contribution in [0, 0.1) is 0 Å². The van der Waals surface area contributed by atoms with Gasteiger partial charge in [0.1, 0.15) is 6.04 Å². The number of hydrogen-bond acceptors (Lipinski definition) is 4. The molecule has 0 unspecified atom stereocenters. The van der Waals surface area contributed by atoms with E-state index in [2.05, 4.69) is 10.2 Å². The summed E-state index contributed by atoms with van der Waals surface area (Å²) >= 11 is 0. The average molecular weight is 287 g/mol. The van der Waals surface area contributed by atoms with E-state index in [1.807, 2.05) is 14.1 Å². The second kappa shape index (κ2) is 6.90. The van der Waals surface area contributed by atoms with Gasteiger partial charge in [0.25, 0.3) is 0 Å². The molecule has 0 spiro atoms. The summed E-state index contributed by atoms with van der Waals surface area (Å²) in [4.78, 5) is 26.6. The van der Waals surface area contributed by atoms with Crippen molar-refractivity contribution in [3.05, 3.63) is 0 Å². The van der Waals surface area contributed by atoms with Crippen molar-refractivity contribution in [2.75, 3.05) is 34.3 Å². The molecular weight excluding hydrogens is 262 g/mol. The first-order valence-corrected chi connectivity index (χ1v) is 6.85. The minimum atomic E-state index is -1.13. The number of carbonyl (C=O) groups is 2. The first-order valence-electron chi connectivity index (χ1n) is 6.85. The highest BCUT2D eigenvalue weighted by Crippen LogP contribution is 2.36. The lowest BCUT2D eigenvalue weighted by Crippen LogP contribution is -2.59. The standard InChI is InChI=1S/C13H25N3O4/c1-15(2)13(6-4-7-13)9-16(3)12(20)14-10(5-8-17)11(18)19/h10,17H,4-9H2,1-3H3,(H,14,20)(H,18,19)/t10-/m1/s1. The smallest absolute Gasteiger partial charge is 0.326 e. The number of nitrogens with one attached hydrogen (secondary N) is 1. The van der Waals surface area contributed by atoms with Crippen molar-refractivity contribution in [2.45, 2.75) is 37.3 Å². The van der Waals surface area contributed by atoms with Crippen molar-refractivity contribution in [1.82, 2.24) is 15.1 Å². The first kappa shape index (κ1) is 16.7. The zero-order valence-electron chi connectivity index (χ0n) is 12.4. The summed E-state index contributed by atoms with van der Waals surface area (Å²) in [5, 5.41) is 20.2. The summed E-state index contributed by atoms with van der Waals surface area (Å²) in [5.41, 5.74) is 0.00177. The molecule has 1 rings (SSSR count). The Labute approximate surface area is 119 Å². The highest BCUT2D eigenvalue weighted by Gasteiger charge is 2.40. The van der Waals surface area contributed by atoms with Crippen molar-refractivity contribution in [3.8, 4) is 0 Å². The number of aliphatic hydroxyl groups is 1. The topological polar surface area (TPSA) is 93.1 Å². The lowest BCUT2D eigenvalue weighted by atomic mass is 9.75. The summed E-state index contributed by atoms with van der Waals surface area (Å²) < 4.78 is 0. The van der Waals surface area contributed by atoms with Gasteiger partial charge in [-0.05, 0) is 33.4 Å². The van der Waals surface area contributed by atoms with Crippen LogP contribution in [0.1, 0.15) is 25.7 Å². The summed E-state index contributed by atoms with van der Waals surface area (Å²) in [6.45, 7) is 0.292. The Bertz CT molecular complexity index is 356. The number of amides is 2. The second-order valence-corrected chi connectivity index (χ2v) is 5.68. The van der Waals surface area contributed by atoms with Crippen molar-refractivity contribution < 1.29 is 19.8 Å². The van der Waals surface area contributed by atoms with Gasteiger partial charge >= 0.3 is 12.0 Å². The van der Waals surface area contributed by atoms with Gasteiger partial charge in [-0.15, -0.1) is 0 Å². The van der Waals surface area contributed by atoms with Gasteiger partial charge in [0.2, 0.25) is 0 Å². The Kier molecular flexibility index (Phi) is 5.76. The van der Waals surface area contributed by atoms with Gasteiger partial charge < -0.3 is 25.3 Å². The number of hydrogen-bond donors (Lipinski definition) is 3. The van der Waals surface area contributed by atoms with E-state index in [-0.39, 0.29) is 18.6 Å². The van der Waals surface area contributed by atoms with Crippen molar-refractivity contribution in [2.24, 2.45) is 0 Å². The minimum absolute atomic E-state index is 0.00177. The van der Waals surface area contributed by atoms with Gasteiger partial charge in [-0.1, -0.05) is 0 Å². The molecule has 1 saturated carbocycles. The lowest BCUT2D eigenvalue weighted by Gasteiger charge is -2.49. The van der Waals surface area contributed by atoms with Gasteiger partial charge in [0.05, 0.1) is 0 Å². The van der Waals surface area contributed by atoms with Gasteiger partial charge in [-0.3, -0.25) is 0 Å². The molecule has 0 bridgehead atoms. The van der Waals surface area contributed by atoms with Crippen molar-refractivity contribution in [1.29, 1.82) is 0 Å². The van der Waals surface area contributed by atoms with E-state index >= 15 is 0 Å². The fraction of sp³-hybridized carbons (Fsp3) is 0.846. The highest BCUT2D eigenvalue weighted by molar-refractivity contribution is 5.82. The lowest BCUT2D eigenvalue weighted by molar-refractivity contribution is -0.139. The zero-order chi connectivity index (χ0) is 15.3. The number of urea groups is 1. The molecule has 0 aromatic carbocycles. The number of carboxylic acids is 1. The van der Waals surface area contributed by atoms with Crippen LogP contribution in [0.15, 0.2) is 0 Å². The van der Waals surface area contributed by atoms with Crippen LogP contribution in [0.2, 0.25) is 0 Å². The molecule has 0 aromatic heterocycles.